The van der Waals surface area contributed by atoms with E-state index in [9.17, 15) is 20.1 Å². The number of nitrogens with zero attached hydrogens (tertiary/aromatic N) is 2. The molecule has 0 radical (unpaired) electrons. The molecule has 1 aromatic carbocycles. The van der Waals surface area contributed by atoms with E-state index in [1.165, 1.54) is 4.57 Å². The van der Waals surface area contributed by atoms with Crippen LogP contribution in [0.25, 0.3) is 22.4 Å². The highest BCUT2D eigenvalue weighted by Gasteiger charge is 2.35. The second-order valence-corrected chi connectivity index (χ2v) is 7.25. The molecule has 0 saturated carbocycles. The summed E-state index contributed by atoms with van der Waals surface area (Å²) < 4.78 is 13.2. The molecule has 3 N–H and O–H groups in total. The fraction of sp³-hybridized carbons (Fsp3) is 0.294. The molecule has 1 aliphatic rings. The molecule has 0 spiro atoms. The summed E-state index contributed by atoms with van der Waals surface area (Å²) in [7, 11) is 0. The van der Waals surface area contributed by atoms with E-state index in [-0.39, 0.29) is 24.5 Å². The van der Waals surface area contributed by atoms with Crippen molar-refractivity contribution >= 4 is 33.7 Å². The minimum absolute atomic E-state index is 0.138. The Morgan fingerprint density at radius 2 is 2.15 bits per heavy atom. The first kappa shape index (κ1) is 17.5. The van der Waals surface area contributed by atoms with Gasteiger partial charge in [-0.15, -0.1) is 0 Å². The predicted molar refractivity (Wildman–Crippen MR) is 99.7 cm³/mol. The van der Waals surface area contributed by atoms with Crippen LogP contribution in [0, 0.1) is 3.57 Å². The molecule has 0 unspecified atom stereocenters. The first-order chi connectivity index (χ1) is 12.5. The molecule has 1 aliphatic heterocycles. The average Bonchev–Trinajstić information content (AvgIpc) is 3.19. The normalized spacial score (nSPS) is 23.0. The Bertz CT molecular complexity index is 1030. The van der Waals surface area contributed by atoms with Gasteiger partial charge in [0, 0.05) is 18.2 Å². The lowest BCUT2D eigenvalue weighted by molar-refractivity contribution is -0.0457. The van der Waals surface area contributed by atoms with Crippen molar-refractivity contribution in [1.82, 2.24) is 9.55 Å². The molecule has 3 atom stereocenters. The highest BCUT2D eigenvalue weighted by molar-refractivity contribution is 14.1. The molecular formula is C17H15IN2O6. The van der Waals surface area contributed by atoms with Gasteiger partial charge in [-0.1, -0.05) is 0 Å². The van der Waals surface area contributed by atoms with E-state index in [2.05, 4.69) is 4.98 Å². The molecule has 0 bridgehead atoms. The smallest absolute Gasteiger partial charge is 0.353 e. The zero-order valence-corrected chi connectivity index (χ0v) is 15.5. The summed E-state index contributed by atoms with van der Waals surface area (Å²) in [5.74, 6) is 0.608. The molecular weight excluding hydrogens is 451 g/mol. The third kappa shape index (κ3) is 3.00. The van der Waals surface area contributed by atoms with Gasteiger partial charge in [0.05, 0.1) is 21.7 Å². The van der Waals surface area contributed by atoms with E-state index < -0.39 is 24.1 Å². The van der Waals surface area contributed by atoms with Gasteiger partial charge in [0.2, 0.25) is 5.71 Å². The standard InChI is InChI=1S/C17H15IN2O6/c18-10-2-1-8(3-11(10)22)13-4-9-6-20(17(24)19-16(9)26-13)15-5-12(23)14(7-21)25-15/h1-4,6,12,14-15,21-23H,5,7H2/t12-,14+,15-/m0/s1/i18-4. The number of furan rings is 1. The molecule has 136 valence electrons. The largest absolute Gasteiger partial charge is 0.507 e. The number of halogens is 1. The maximum Gasteiger partial charge on any atom is 0.353 e. The zero-order valence-electron chi connectivity index (χ0n) is 13.4. The number of ether oxygens (including phenoxy) is 1. The monoisotopic (exact) mass is 466 g/mol. The molecule has 1 fully saturated rings. The van der Waals surface area contributed by atoms with Gasteiger partial charge in [0.25, 0.3) is 0 Å². The van der Waals surface area contributed by atoms with Crippen LogP contribution in [0.1, 0.15) is 12.6 Å². The second-order valence-electron chi connectivity index (χ2n) is 6.08. The van der Waals surface area contributed by atoms with Crippen LogP contribution in [-0.4, -0.2) is 43.7 Å². The van der Waals surface area contributed by atoms with Crippen LogP contribution in [0.4, 0.5) is 0 Å². The number of aromatic nitrogens is 2. The van der Waals surface area contributed by atoms with Crippen LogP contribution in [0.5, 0.6) is 5.75 Å². The molecule has 9 heteroatoms. The zero-order chi connectivity index (χ0) is 18.4. The van der Waals surface area contributed by atoms with Crippen molar-refractivity contribution in [3.63, 3.8) is 0 Å². The molecule has 2 aromatic heterocycles. The predicted octanol–water partition coefficient (Wildman–Crippen LogP) is 1.61. The molecule has 0 aliphatic carbocycles. The van der Waals surface area contributed by atoms with Gasteiger partial charge in [-0.25, -0.2) is 4.79 Å². The number of fused-ring (bicyclic) bond motifs is 1. The topological polar surface area (TPSA) is 118 Å². The van der Waals surface area contributed by atoms with Crippen LogP contribution in [0.3, 0.4) is 0 Å². The number of aromatic hydroxyl groups is 1. The van der Waals surface area contributed by atoms with Crippen LogP contribution in [-0.2, 0) is 4.74 Å². The Morgan fingerprint density at radius 1 is 1.35 bits per heavy atom. The summed E-state index contributed by atoms with van der Waals surface area (Å²) in [5, 5.41) is 29.5. The molecule has 8 nitrogen and oxygen atoms in total. The van der Waals surface area contributed by atoms with Gasteiger partial charge >= 0.3 is 5.69 Å². The van der Waals surface area contributed by atoms with Crippen molar-refractivity contribution < 1.29 is 24.5 Å². The Morgan fingerprint density at radius 3 is 2.85 bits per heavy atom. The molecule has 26 heavy (non-hydrogen) atoms. The van der Waals surface area contributed by atoms with E-state index in [4.69, 9.17) is 9.15 Å². The van der Waals surface area contributed by atoms with E-state index in [1.807, 2.05) is 22.6 Å². The van der Waals surface area contributed by atoms with Gasteiger partial charge in [0.1, 0.15) is 23.8 Å². The SMILES string of the molecule is O=c1nc2oc(-c3ccc([123I])c(O)c3)cc2cn1[C@@H]1C[C@H](O)[C@@H](CO)O1. The maximum absolute atomic E-state index is 12.3. The number of aliphatic hydroxyl groups excluding tert-OH is 2. The third-order valence-corrected chi connectivity index (χ3v) is 5.27. The van der Waals surface area contributed by atoms with Crippen molar-refractivity contribution in [2.75, 3.05) is 6.61 Å². The summed E-state index contributed by atoms with van der Waals surface area (Å²) in [5.41, 5.74) is 0.268. The van der Waals surface area contributed by atoms with E-state index in [0.29, 0.717) is 16.7 Å². The maximum atomic E-state index is 12.3. The van der Waals surface area contributed by atoms with Crippen molar-refractivity contribution in [3.8, 4) is 17.1 Å². The number of hydrogen-bond acceptors (Lipinski definition) is 7. The van der Waals surface area contributed by atoms with E-state index in [0.717, 1.165) is 3.57 Å². The van der Waals surface area contributed by atoms with Crippen LogP contribution < -0.4 is 5.69 Å². The third-order valence-electron chi connectivity index (χ3n) is 4.36. The quantitative estimate of drug-likeness (QED) is 0.502. The number of aliphatic hydroxyl groups is 2. The molecule has 0 amide bonds. The Hall–Kier alpha value is -1.95. The molecule has 1 saturated heterocycles. The van der Waals surface area contributed by atoms with Crippen molar-refractivity contribution in [2.45, 2.75) is 24.9 Å². The van der Waals surface area contributed by atoms with Crippen LogP contribution in [0.15, 0.2) is 39.7 Å². The van der Waals surface area contributed by atoms with Crippen molar-refractivity contribution in [2.24, 2.45) is 0 Å². The van der Waals surface area contributed by atoms with Gasteiger partial charge in [-0.2, -0.15) is 4.98 Å². The summed E-state index contributed by atoms with van der Waals surface area (Å²) in [6, 6.07) is 6.85. The summed E-state index contributed by atoms with van der Waals surface area (Å²) >= 11 is 2.02. The number of phenolic OH excluding ortho intramolecular Hbond substituents is 1. The minimum atomic E-state index is -0.845. The van der Waals surface area contributed by atoms with E-state index >= 15 is 0 Å². The molecule has 3 heterocycles. The number of rotatable bonds is 3. The van der Waals surface area contributed by atoms with Gasteiger partial charge in [-0.05, 0) is 46.9 Å². The summed E-state index contributed by atoms with van der Waals surface area (Å²) in [6.07, 6.45) is -0.526. The van der Waals surface area contributed by atoms with E-state index in [1.54, 1.807) is 30.5 Å². The number of hydrogen-bond donors (Lipinski definition) is 3. The highest BCUT2D eigenvalue weighted by atomic mass is 123. The fourth-order valence-corrected chi connectivity index (χ4v) is 3.33. The molecule has 3 aromatic rings. The molecule has 4 rings (SSSR count). The number of benzene rings is 1. The fourth-order valence-electron chi connectivity index (χ4n) is 2.99. The van der Waals surface area contributed by atoms with Gasteiger partial charge < -0.3 is 24.5 Å². The van der Waals surface area contributed by atoms with Crippen molar-refractivity contribution in [1.29, 1.82) is 0 Å². The van der Waals surface area contributed by atoms with Crippen LogP contribution in [0.2, 0.25) is 0 Å². The Balaban J connectivity index is 1.73. The average molecular weight is 466 g/mol. The van der Waals surface area contributed by atoms with Crippen molar-refractivity contribution in [3.05, 3.63) is 44.5 Å². The lowest BCUT2D eigenvalue weighted by Crippen LogP contribution is -2.27. The van der Waals surface area contributed by atoms with Gasteiger partial charge in [0.15, 0.2) is 0 Å². The van der Waals surface area contributed by atoms with Crippen LogP contribution >= 0.6 is 22.6 Å². The Kier molecular flexibility index (Phi) is 4.47. The first-order valence-corrected chi connectivity index (χ1v) is 9.00. The summed E-state index contributed by atoms with van der Waals surface area (Å²) in [4.78, 5) is 16.2. The summed E-state index contributed by atoms with van der Waals surface area (Å²) in [6.45, 7) is -0.325. The lowest BCUT2D eigenvalue weighted by atomic mass is 10.1. The first-order valence-electron chi connectivity index (χ1n) is 7.92. The Labute approximate surface area is 160 Å². The van der Waals surface area contributed by atoms with Gasteiger partial charge in [-0.3, -0.25) is 4.57 Å². The second kappa shape index (κ2) is 6.65. The number of phenols is 1. The minimum Gasteiger partial charge on any atom is -0.507 e. The lowest BCUT2D eigenvalue weighted by Gasteiger charge is -2.13. The highest BCUT2D eigenvalue weighted by Crippen LogP contribution is 2.32.